The number of hydrogen-bond acceptors (Lipinski definition) is 3. The molecular formula is C9H15ClN4. The van der Waals surface area contributed by atoms with Crippen LogP contribution in [-0.2, 0) is 5.88 Å². The van der Waals surface area contributed by atoms with Crippen LogP contribution in [0.25, 0.3) is 0 Å². The molecule has 1 aromatic heterocycles. The van der Waals surface area contributed by atoms with Gasteiger partial charge in [-0.1, -0.05) is 0 Å². The van der Waals surface area contributed by atoms with Crippen LogP contribution in [0.4, 0.5) is 0 Å². The summed E-state index contributed by atoms with van der Waals surface area (Å²) >= 11 is 5.76. The molecule has 1 fully saturated rings. The van der Waals surface area contributed by atoms with Gasteiger partial charge in [-0.05, 0) is 13.8 Å². The zero-order chi connectivity index (χ0) is 10.1. The van der Waals surface area contributed by atoms with Crippen LogP contribution in [0.3, 0.4) is 0 Å². The van der Waals surface area contributed by atoms with Gasteiger partial charge in [0.25, 0.3) is 0 Å². The molecule has 0 saturated carbocycles. The molecule has 0 bridgehead atoms. The summed E-state index contributed by atoms with van der Waals surface area (Å²) in [5, 5.41) is 7.85. The van der Waals surface area contributed by atoms with Crippen molar-refractivity contribution in [3.05, 3.63) is 12.2 Å². The van der Waals surface area contributed by atoms with Gasteiger partial charge in [0, 0.05) is 19.1 Å². The Kier molecular flexibility index (Phi) is 2.74. The molecular weight excluding hydrogens is 200 g/mol. The highest BCUT2D eigenvalue weighted by atomic mass is 35.5. The first-order valence-electron chi connectivity index (χ1n) is 4.90. The maximum Gasteiger partial charge on any atom is 0.148 e. The van der Waals surface area contributed by atoms with Crippen molar-refractivity contribution in [3.63, 3.8) is 0 Å². The highest BCUT2D eigenvalue weighted by molar-refractivity contribution is 6.16. The van der Waals surface area contributed by atoms with Crippen LogP contribution in [0.15, 0.2) is 6.33 Å². The molecule has 4 nitrogen and oxygen atoms in total. The van der Waals surface area contributed by atoms with E-state index >= 15 is 0 Å². The molecule has 0 unspecified atom stereocenters. The Morgan fingerprint density at radius 3 is 2.86 bits per heavy atom. The summed E-state index contributed by atoms with van der Waals surface area (Å²) in [6, 6.07) is 1.14. The molecule has 0 N–H and O–H groups in total. The van der Waals surface area contributed by atoms with Gasteiger partial charge in [0.05, 0.1) is 11.9 Å². The third kappa shape index (κ3) is 1.64. The molecule has 1 aromatic rings. The second-order valence-corrected chi connectivity index (χ2v) is 4.26. The summed E-state index contributed by atoms with van der Waals surface area (Å²) in [6.45, 7) is 6.59. The minimum Gasteiger partial charge on any atom is -0.311 e. The molecule has 2 heterocycles. The lowest BCUT2D eigenvalue weighted by Crippen LogP contribution is -2.51. The van der Waals surface area contributed by atoms with Crippen molar-refractivity contribution < 1.29 is 0 Å². The predicted molar refractivity (Wildman–Crippen MR) is 55.3 cm³/mol. The zero-order valence-corrected chi connectivity index (χ0v) is 9.28. The van der Waals surface area contributed by atoms with E-state index in [1.165, 1.54) is 0 Å². The Labute approximate surface area is 88.9 Å². The SMILES string of the molecule is CC(C)N1CC(n2cnnc2CCl)C1. The Bertz CT molecular complexity index is 304. The van der Waals surface area contributed by atoms with E-state index in [0.717, 1.165) is 18.9 Å². The molecule has 2 rings (SSSR count). The van der Waals surface area contributed by atoms with E-state index in [1.54, 1.807) is 6.33 Å². The van der Waals surface area contributed by atoms with Gasteiger partial charge >= 0.3 is 0 Å². The summed E-state index contributed by atoms with van der Waals surface area (Å²) in [6.07, 6.45) is 1.78. The summed E-state index contributed by atoms with van der Waals surface area (Å²) in [5.41, 5.74) is 0. The predicted octanol–water partition coefficient (Wildman–Crippen LogP) is 1.28. The molecule has 0 aliphatic carbocycles. The van der Waals surface area contributed by atoms with Gasteiger partial charge in [-0.2, -0.15) is 0 Å². The molecule has 0 atom stereocenters. The van der Waals surface area contributed by atoms with Crippen LogP contribution < -0.4 is 0 Å². The minimum absolute atomic E-state index is 0.443. The zero-order valence-electron chi connectivity index (χ0n) is 8.52. The number of hydrogen-bond donors (Lipinski definition) is 0. The number of nitrogens with zero attached hydrogens (tertiary/aromatic N) is 4. The summed E-state index contributed by atoms with van der Waals surface area (Å²) in [4.78, 5) is 2.42. The van der Waals surface area contributed by atoms with Crippen molar-refractivity contribution in [2.75, 3.05) is 13.1 Å². The fourth-order valence-electron chi connectivity index (χ4n) is 1.75. The standard InChI is InChI=1S/C9H15ClN4/c1-7(2)13-4-8(5-13)14-6-11-12-9(14)3-10/h6-8H,3-5H2,1-2H3. The Balaban J connectivity index is 1.99. The van der Waals surface area contributed by atoms with Crippen molar-refractivity contribution in [1.82, 2.24) is 19.7 Å². The largest absolute Gasteiger partial charge is 0.311 e. The molecule has 0 radical (unpaired) electrons. The van der Waals surface area contributed by atoms with Crippen molar-refractivity contribution >= 4 is 11.6 Å². The van der Waals surface area contributed by atoms with E-state index in [9.17, 15) is 0 Å². The number of rotatable bonds is 3. The average molecular weight is 215 g/mol. The maximum absolute atomic E-state index is 5.76. The molecule has 0 spiro atoms. The van der Waals surface area contributed by atoms with E-state index in [1.807, 2.05) is 0 Å². The first-order valence-corrected chi connectivity index (χ1v) is 5.44. The first kappa shape index (κ1) is 9.93. The number of aromatic nitrogens is 3. The van der Waals surface area contributed by atoms with E-state index in [0.29, 0.717) is 18.0 Å². The molecule has 0 aromatic carbocycles. The van der Waals surface area contributed by atoms with Gasteiger partial charge in [-0.25, -0.2) is 0 Å². The smallest absolute Gasteiger partial charge is 0.148 e. The van der Waals surface area contributed by atoms with Crippen molar-refractivity contribution in [2.45, 2.75) is 31.8 Å². The van der Waals surface area contributed by atoms with Gasteiger partial charge in [-0.3, -0.25) is 4.90 Å². The third-order valence-corrected chi connectivity index (χ3v) is 3.02. The second-order valence-electron chi connectivity index (χ2n) is 3.99. The van der Waals surface area contributed by atoms with E-state index in [4.69, 9.17) is 11.6 Å². The van der Waals surface area contributed by atoms with Crippen LogP contribution >= 0.6 is 11.6 Å². The molecule has 78 valence electrons. The van der Waals surface area contributed by atoms with E-state index in [-0.39, 0.29) is 0 Å². The van der Waals surface area contributed by atoms with Crippen LogP contribution in [0, 0.1) is 0 Å². The molecule has 14 heavy (non-hydrogen) atoms. The lowest BCUT2D eigenvalue weighted by Gasteiger charge is -2.42. The summed E-state index contributed by atoms with van der Waals surface area (Å²) in [7, 11) is 0. The Hall–Kier alpha value is -0.610. The van der Waals surface area contributed by atoms with Crippen LogP contribution in [0.1, 0.15) is 25.7 Å². The van der Waals surface area contributed by atoms with Gasteiger partial charge in [0.2, 0.25) is 0 Å². The quantitative estimate of drug-likeness (QED) is 0.711. The second kappa shape index (κ2) is 3.87. The monoisotopic (exact) mass is 214 g/mol. The fourth-order valence-corrected chi connectivity index (χ4v) is 1.94. The van der Waals surface area contributed by atoms with E-state index in [2.05, 4.69) is 33.5 Å². The minimum atomic E-state index is 0.443. The highest BCUT2D eigenvalue weighted by Gasteiger charge is 2.30. The number of halogens is 1. The normalized spacial score (nSPS) is 18.9. The van der Waals surface area contributed by atoms with Gasteiger partial charge < -0.3 is 4.57 Å². The molecule has 1 aliphatic heterocycles. The molecule has 5 heteroatoms. The molecule has 0 amide bonds. The van der Waals surface area contributed by atoms with Gasteiger partial charge in [-0.15, -0.1) is 21.8 Å². The van der Waals surface area contributed by atoms with Crippen molar-refractivity contribution in [3.8, 4) is 0 Å². The highest BCUT2D eigenvalue weighted by Crippen LogP contribution is 2.24. The molecule has 1 saturated heterocycles. The van der Waals surface area contributed by atoms with Gasteiger partial charge in [0.15, 0.2) is 0 Å². The van der Waals surface area contributed by atoms with Crippen LogP contribution in [0.2, 0.25) is 0 Å². The fraction of sp³-hybridized carbons (Fsp3) is 0.778. The van der Waals surface area contributed by atoms with Gasteiger partial charge in [0.1, 0.15) is 12.2 Å². The number of alkyl halides is 1. The lowest BCUT2D eigenvalue weighted by atomic mass is 10.1. The van der Waals surface area contributed by atoms with E-state index < -0.39 is 0 Å². The first-order chi connectivity index (χ1) is 6.72. The lowest BCUT2D eigenvalue weighted by molar-refractivity contribution is 0.0729. The summed E-state index contributed by atoms with van der Waals surface area (Å²) < 4.78 is 2.09. The average Bonchev–Trinajstić information content (AvgIpc) is 2.48. The Morgan fingerprint density at radius 1 is 1.57 bits per heavy atom. The topological polar surface area (TPSA) is 34.0 Å². The third-order valence-electron chi connectivity index (χ3n) is 2.78. The Morgan fingerprint density at radius 2 is 2.29 bits per heavy atom. The number of likely N-dealkylation sites (tertiary alicyclic amines) is 1. The maximum atomic E-state index is 5.76. The van der Waals surface area contributed by atoms with Crippen molar-refractivity contribution in [2.24, 2.45) is 0 Å². The van der Waals surface area contributed by atoms with Crippen molar-refractivity contribution in [1.29, 1.82) is 0 Å². The van der Waals surface area contributed by atoms with Crippen LogP contribution in [-0.4, -0.2) is 38.8 Å². The van der Waals surface area contributed by atoms with Crippen LogP contribution in [0.5, 0.6) is 0 Å². The summed E-state index contributed by atoms with van der Waals surface area (Å²) in [5.74, 6) is 1.32. The molecule has 1 aliphatic rings.